The summed E-state index contributed by atoms with van der Waals surface area (Å²) < 4.78 is 0. The molecule has 1 unspecified atom stereocenters. The average molecular weight is 218 g/mol. The normalized spacial score (nSPS) is 12.9. The van der Waals surface area contributed by atoms with Gasteiger partial charge in [-0.15, -0.1) is 0 Å². The second-order valence-corrected chi connectivity index (χ2v) is 3.95. The molecule has 0 aliphatic carbocycles. The van der Waals surface area contributed by atoms with E-state index in [1.165, 1.54) is 0 Å². The Morgan fingerprint density at radius 3 is 2.62 bits per heavy atom. The molecule has 0 heterocycles. The van der Waals surface area contributed by atoms with Crippen LogP contribution in [0.3, 0.4) is 0 Å². The quantitative estimate of drug-likeness (QED) is 0.827. The van der Waals surface area contributed by atoms with Crippen LogP contribution in [0.15, 0.2) is 18.2 Å². The topological polar surface area (TPSA) is 26.0 Å². The lowest BCUT2D eigenvalue weighted by molar-refractivity contribution is 0.646. The summed E-state index contributed by atoms with van der Waals surface area (Å²) in [6.07, 6.45) is 1.77. The molecule has 0 spiro atoms. The van der Waals surface area contributed by atoms with Crippen molar-refractivity contribution in [3.8, 4) is 0 Å². The van der Waals surface area contributed by atoms with E-state index in [1.807, 2.05) is 12.1 Å². The van der Waals surface area contributed by atoms with E-state index in [0.29, 0.717) is 10.0 Å². The van der Waals surface area contributed by atoms with E-state index in [4.69, 9.17) is 28.9 Å². The molecule has 0 saturated heterocycles. The minimum Gasteiger partial charge on any atom is -0.327 e. The largest absolute Gasteiger partial charge is 0.327 e. The van der Waals surface area contributed by atoms with Gasteiger partial charge in [0.25, 0.3) is 0 Å². The minimum absolute atomic E-state index is 0.179. The first kappa shape index (κ1) is 10.8. The zero-order valence-corrected chi connectivity index (χ0v) is 9.07. The number of nitrogens with two attached hydrogens (primary N) is 1. The van der Waals surface area contributed by atoms with Crippen LogP contribution >= 0.6 is 23.2 Å². The summed E-state index contributed by atoms with van der Waals surface area (Å²) in [6.45, 7) is 2.06. The number of benzene rings is 1. The third kappa shape index (κ3) is 3.18. The van der Waals surface area contributed by atoms with Gasteiger partial charge in [-0.25, -0.2) is 0 Å². The van der Waals surface area contributed by atoms with Gasteiger partial charge < -0.3 is 5.73 Å². The van der Waals surface area contributed by atoms with Gasteiger partial charge in [0, 0.05) is 16.1 Å². The predicted octanol–water partition coefficient (Wildman–Crippen LogP) is 3.27. The fourth-order valence-corrected chi connectivity index (χ4v) is 1.60. The van der Waals surface area contributed by atoms with E-state index in [9.17, 15) is 0 Å². The van der Waals surface area contributed by atoms with E-state index < -0.39 is 0 Å². The van der Waals surface area contributed by atoms with Gasteiger partial charge >= 0.3 is 0 Å². The Labute approximate surface area is 88.8 Å². The molecule has 0 radical (unpaired) electrons. The van der Waals surface area contributed by atoms with Gasteiger partial charge in [-0.1, -0.05) is 36.2 Å². The maximum atomic E-state index is 5.99. The molecule has 2 N–H and O–H groups in total. The molecule has 13 heavy (non-hydrogen) atoms. The molecule has 1 aromatic carbocycles. The van der Waals surface area contributed by atoms with Crippen LogP contribution in [0.4, 0.5) is 0 Å². The van der Waals surface area contributed by atoms with Crippen molar-refractivity contribution in [2.45, 2.75) is 25.8 Å². The molecule has 1 nitrogen and oxygen atoms in total. The Morgan fingerprint density at radius 1 is 1.38 bits per heavy atom. The highest BCUT2D eigenvalue weighted by molar-refractivity contribution is 6.35. The van der Waals surface area contributed by atoms with Gasteiger partial charge in [0.2, 0.25) is 0 Å². The molecule has 0 bridgehead atoms. The highest BCUT2D eigenvalue weighted by Crippen LogP contribution is 2.22. The van der Waals surface area contributed by atoms with E-state index in [0.717, 1.165) is 18.4 Å². The monoisotopic (exact) mass is 217 g/mol. The Balaban J connectivity index is 2.77. The summed E-state index contributed by atoms with van der Waals surface area (Å²) in [5.74, 6) is 0. The fraction of sp³-hybridized carbons (Fsp3) is 0.400. The first-order chi connectivity index (χ1) is 6.13. The number of hydrogen-bond donors (Lipinski definition) is 1. The molecule has 3 heteroatoms. The number of hydrogen-bond acceptors (Lipinski definition) is 1. The van der Waals surface area contributed by atoms with Crippen LogP contribution in [-0.4, -0.2) is 6.04 Å². The molecule has 1 atom stereocenters. The second-order valence-electron chi connectivity index (χ2n) is 3.11. The lowest BCUT2D eigenvalue weighted by Gasteiger charge is -2.09. The zero-order chi connectivity index (χ0) is 9.84. The number of halogens is 2. The fourth-order valence-electron chi connectivity index (χ4n) is 1.11. The van der Waals surface area contributed by atoms with Crippen molar-refractivity contribution >= 4 is 23.2 Å². The lowest BCUT2D eigenvalue weighted by atomic mass is 10.1. The van der Waals surface area contributed by atoms with Gasteiger partial charge in [-0.05, 0) is 30.5 Å². The summed E-state index contributed by atoms with van der Waals surface area (Å²) >= 11 is 11.8. The molecule has 72 valence electrons. The average Bonchev–Trinajstić information content (AvgIpc) is 2.09. The Kier molecular flexibility index (Phi) is 4.04. The SMILES string of the molecule is CCC(N)Cc1ccc(Cl)cc1Cl. The van der Waals surface area contributed by atoms with E-state index in [2.05, 4.69) is 6.92 Å². The molecule has 0 aromatic heterocycles. The zero-order valence-electron chi connectivity index (χ0n) is 7.56. The van der Waals surface area contributed by atoms with Crippen LogP contribution < -0.4 is 5.73 Å². The van der Waals surface area contributed by atoms with E-state index in [-0.39, 0.29) is 6.04 Å². The highest BCUT2D eigenvalue weighted by Gasteiger charge is 2.05. The van der Waals surface area contributed by atoms with Crippen LogP contribution in [0.1, 0.15) is 18.9 Å². The highest BCUT2D eigenvalue weighted by atomic mass is 35.5. The van der Waals surface area contributed by atoms with Crippen LogP contribution in [0.25, 0.3) is 0 Å². The smallest absolute Gasteiger partial charge is 0.0453 e. The maximum absolute atomic E-state index is 5.99. The third-order valence-electron chi connectivity index (χ3n) is 2.02. The van der Waals surface area contributed by atoms with Crippen molar-refractivity contribution in [1.82, 2.24) is 0 Å². The van der Waals surface area contributed by atoms with Crippen molar-refractivity contribution in [2.24, 2.45) is 5.73 Å². The Hall–Kier alpha value is -0.240. The van der Waals surface area contributed by atoms with Crippen LogP contribution in [0.2, 0.25) is 10.0 Å². The van der Waals surface area contributed by atoms with Crippen molar-refractivity contribution in [2.75, 3.05) is 0 Å². The van der Waals surface area contributed by atoms with Crippen LogP contribution in [-0.2, 0) is 6.42 Å². The first-order valence-corrected chi connectivity index (χ1v) is 5.08. The maximum Gasteiger partial charge on any atom is 0.0453 e. The molecule has 0 amide bonds. The molecular formula is C10H13Cl2N. The molecule has 0 aliphatic rings. The van der Waals surface area contributed by atoms with Gasteiger partial charge in [0.1, 0.15) is 0 Å². The van der Waals surface area contributed by atoms with E-state index in [1.54, 1.807) is 6.07 Å². The summed E-state index contributed by atoms with van der Waals surface area (Å²) in [5.41, 5.74) is 6.89. The minimum atomic E-state index is 0.179. The van der Waals surface area contributed by atoms with Gasteiger partial charge in [-0.3, -0.25) is 0 Å². The second kappa shape index (κ2) is 4.85. The molecular weight excluding hydrogens is 205 g/mol. The molecule has 0 aliphatic heterocycles. The molecule has 1 aromatic rings. The molecule has 1 rings (SSSR count). The van der Waals surface area contributed by atoms with Crippen molar-refractivity contribution in [3.63, 3.8) is 0 Å². The Morgan fingerprint density at radius 2 is 2.08 bits per heavy atom. The first-order valence-electron chi connectivity index (χ1n) is 4.33. The standard InChI is InChI=1S/C10H13Cl2N/c1-2-9(13)5-7-3-4-8(11)6-10(7)12/h3-4,6,9H,2,5,13H2,1H3. The van der Waals surface area contributed by atoms with Gasteiger partial charge in [0.05, 0.1) is 0 Å². The summed E-state index contributed by atoms with van der Waals surface area (Å²) in [4.78, 5) is 0. The van der Waals surface area contributed by atoms with Crippen molar-refractivity contribution < 1.29 is 0 Å². The van der Waals surface area contributed by atoms with Gasteiger partial charge in [0.15, 0.2) is 0 Å². The summed E-state index contributed by atoms with van der Waals surface area (Å²) in [6, 6.07) is 5.70. The molecule has 0 saturated carbocycles. The van der Waals surface area contributed by atoms with Crippen molar-refractivity contribution in [1.29, 1.82) is 0 Å². The predicted molar refractivity (Wildman–Crippen MR) is 58.4 cm³/mol. The lowest BCUT2D eigenvalue weighted by Crippen LogP contribution is -2.21. The van der Waals surface area contributed by atoms with Crippen LogP contribution in [0, 0.1) is 0 Å². The van der Waals surface area contributed by atoms with Crippen LogP contribution in [0.5, 0.6) is 0 Å². The molecule has 0 fully saturated rings. The van der Waals surface area contributed by atoms with Crippen molar-refractivity contribution in [3.05, 3.63) is 33.8 Å². The summed E-state index contributed by atoms with van der Waals surface area (Å²) in [7, 11) is 0. The Bertz CT molecular complexity index is 286. The summed E-state index contributed by atoms with van der Waals surface area (Å²) in [5, 5.41) is 1.37. The third-order valence-corrected chi connectivity index (χ3v) is 2.61. The van der Waals surface area contributed by atoms with Gasteiger partial charge in [-0.2, -0.15) is 0 Å². The van der Waals surface area contributed by atoms with E-state index >= 15 is 0 Å². The number of rotatable bonds is 3.